The minimum atomic E-state index is -3.93. The lowest BCUT2D eigenvalue weighted by atomic mass is 10.1. The highest BCUT2D eigenvalue weighted by Gasteiger charge is 2.27. The summed E-state index contributed by atoms with van der Waals surface area (Å²) in [4.78, 5) is 14.3. The number of carbonyl (C=O) groups is 1. The predicted octanol–water partition coefficient (Wildman–Crippen LogP) is 3.93. The number of halogens is 1. The highest BCUT2D eigenvalue weighted by Crippen LogP contribution is 2.28. The van der Waals surface area contributed by atoms with Crippen LogP contribution in [0, 0.1) is 5.82 Å². The monoisotopic (exact) mass is 456 g/mol. The number of ether oxygens (including phenoxy) is 1. The molecule has 0 aliphatic rings. The van der Waals surface area contributed by atoms with Gasteiger partial charge in [0.1, 0.15) is 16.5 Å². The van der Waals surface area contributed by atoms with Crippen LogP contribution in [0.1, 0.15) is 21.5 Å². The van der Waals surface area contributed by atoms with Gasteiger partial charge in [-0.05, 0) is 41.5 Å². The molecule has 3 rings (SSSR count). The molecule has 3 aromatic carbocycles. The lowest BCUT2D eigenvalue weighted by Gasteiger charge is -2.21. The highest BCUT2D eigenvalue weighted by atomic mass is 32.2. The lowest BCUT2D eigenvalue weighted by molar-refractivity contribution is 0.0785. The van der Waals surface area contributed by atoms with E-state index in [0.717, 1.165) is 11.1 Å². The second-order valence-corrected chi connectivity index (χ2v) is 9.41. The molecular formula is C24H25FN2O4S. The van der Waals surface area contributed by atoms with Crippen molar-refractivity contribution in [3.05, 3.63) is 95.3 Å². The summed E-state index contributed by atoms with van der Waals surface area (Å²) in [6.45, 7) is 0.427. The van der Waals surface area contributed by atoms with Crippen molar-refractivity contribution in [1.29, 1.82) is 0 Å². The van der Waals surface area contributed by atoms with E-state index in [0.29, 0.717) is 0 Å². The number of benzene rings is 3. The van der Waals surface area contributed by atoms with Crippen LogP contribution in [0.4, 0.5) is 4.39 Å². The van der Waals surface area contributed by atoms with Crippen LogP contribution in [0.5, 0.6) is 5.75 Å². The molecule has 6 nitrogen and oxygen atoms in total. The molecule has 168 valence electrons. The lowest BCUT2D eigenvalue weighted by Crippen LogP contribution is -2.28. The summed E-state index contributed by atoms with van der Waals surface area (Å²) < 4.78 is 46.2. The van der Waals surface area contributed by atoms with Crippen LogP contribution in [0.15, 0.2) is 77.7 Å². The molecular weight excluding hydrogens is 431 g/mol. The van der Waals surface area contributed by atoms with Crippen molar-refractivity contribution >= 4 is 15.9 Å². The van der Waals surface area contributed by atoms with E-state index in [2.05, 4.69) is 0 Å². The molecule has 0 fully saturated rings. The van der Waals surface area contributed by atoms with Gasteiger partial charge < -0.3 is 9.64 Å². The predicted molar refractivity (Wildman–Crippen MR) is 120 cm³/mol. The Morgan fingerprint density at radius 1 is 0.906 bits per heavy atom. The Bertz CT molecular complexity index is 1180. The van der Waals surface area contributed by atoms with Crippen molar-refractivity contribution in [3.63, 3.8) is 0 Å². The van der Waals surface area contributed by atoms with E-state index in [1.54, 1.807) is 19.2 Å². The van der Waals surface area contributed by atoms with Crippen molar-refractivity contribution < 1.29 is 22.3 Å². The molecule has 0 unspecified atom stereocenters. The van der Waals surface area contributed by atoms with Crippen molar-refractivity contribution in [2.75, 3.05) is 21.2 Å². The second kappa shape index (κ2) is 9.93. The Kier molecular flexibility index (Phi) is 7.27. The second-order valence-electron chi connectivity index (χ2n) is 7.40. The highest BCUT2D eigenvalue weighted by molar-refractivity contribution is 7.89. The molecule has 0 N–H and O–H groups in total. The molecule has 0 heterocycles. The Labute approximate surface area is 187 Å². The molecule has 0 saturated heterocycles. The van der Waals surface area contributed by atoms with Gasteiger partial charge in [0.15, 0.2) is 0 Å². The minimum Gasteiger partial charge on any atom is -0.495 e. The molecule has 0 aliphatic heterocycles. The number of rotatable bonds is 8. The van der Waals surface area contributed by atoms with Crippen LogP contribution in [0.2, 0.25) is 0 Å². The van der Waals surface area contributed by atoms with Crippen molar-refractivity contribution in [2.45, 2.75) is 18.0 Å². The van der Waals surface area contributed by atoms with Gasteiger partial charge in [0.05, 0.1) is 7.11 Å². The molecule has 0 atom stereocenters. The first-order valence-electron chi connectivity index (χ1n) is 9.90. The number of hydrogen-bond donors (Lipinski definition) is 0. The standard InChI is InChI=1S/C24H25FN2O4S/c1-26(16-19-9-12-21(25)13-10-19)24(28)20-11-14-22(31-3)23(15-20)32(29,30)27(2)17-18-7-5-4-6-8-18/h4-15H,16-17H2,1-3H3. The van der Waals surface area contributed by atoms with E-state index >= 15 is 0 Å². The summed E-state index contributed by atoms with van der Waals surface area (Å²) in [7, 11) is 0.539. The summed E-state index contributed by atoms with van der Waals surface area (Å²) in [5, 5.41) is 0. The van der Waals surface area contributed by atoms with Gasteiger partial charge in [-0.25, -0.2) is 12.8 Å². The normalized spacial score (nSPS) is 11.4. The fraction of sp³-hybridized carbons (Fsp3) is 0.208. The molecule has 0 bridgehead atoms. The van der Waals surface area contributed by atoms with Crippen LogP contribution in [0.25, 0.3) is 0 Å². The third kappa shape index (κ3) is 5.33. The van der Waals surface area contributed by atoms with Crippen molar-refractivity contribution in [2.24, 2.45) is 0 Å². The smallest absolute Gasteiger partial charge is 0.253 e. The Morgan fingerprint density at radius 2 is 1.53 bits per heavy atom. The van der Waals surface area contributed by atoms with Gasteiger partial charge >= 0.3 is 0 Å². The fourth-order valence-corrected chi connectivity index (χ4v) is 4.60. The van der Waals surface area contributed by atoms with Gasteiger partial charge in [-0.2, -0.15) is 4.31 Å². The molecule has 0 radical (unpaired) electrons. The molecule has 1 amide bonds. The van der Waals surface area contributed by atoms with Gasteiger partial charge in [-0.1, -0.05) is 42.5 Å². The maximum absolute atomic E-state index is 13.3. The van der Waals surface area contributed by atoms with Crippen LogP contribution in [-0.2, 0) is 23.1 Å². The number of nitrogens with zero attached hydrogens (tertiary/aromatic N) is 2. The van der Waals surface area contributed by atoms with Gasteiger partial charge in [0.2, 0.25) is 10.0 Å². The molecule has 8 heteroatoms. The van der Waals surface area contributed by atoms with E-state index in [4.69, 9.17) is 4.74 Å². The average molecular weight is 457 g/mol. The zero-order valence-electron chi connectivity index (χ0n) is 18.2. The van der Waals surface area contributed by atoms with Crippen LogP contribution >= 0.6 is 0 Å². The third-order valence-electron chi connectivity index (χ3n) is 5.03. The van der Waals surface area contributed by atoms with Gasteiger partial charge in [0, 0.05) is 32.7 Å². The first-order valence-corrected chi connectivity index (χ1v) is 11.3. The number of hydrogen-bond acceptors (Lipinski definition) is 4. The molecule has 0 spiro atoms. The van der Waals surface area contributed by atoms with E-state index in [-0.39, 0.29) is 41.0 Å². The molecule has 32 heavy (non-hydrogen) atoms. The van der Waals surface area contributed by atoms with Crippen molar-refractivity contribution in [1.82, 2.24) is 9.21 Å². The SMILES string of the molecule is COc1ccc(C(=O)N(C)Cc2ccc(F)cc2)cc1S(=O)(=O)N(C)Cc1ccccc1. The maximum atomic E-state index is 13.3. The fourth-order valence-electron chi connectivity index (χ4n) is 3.26. The molecule has 0 aliphatic carbocycles. The zero-order valence-corrected chi connectivity index (χ0v) is 19.0. The Balaban J connectivity index is 1.86. The summed E-state index contributed by atoms with van der Waals surface area (Å²) in [6.07, 6.45) is 0. The quantitative estimate of drug-likeness (QED) is 0.515. The number of amides is 1. The number of methoxy groups -OCH3 is 1. The van der Waals surface area contributed by atoms with E-state index < -0.39 is 10.0 Å². The number of sulfonamides is 1. The molecule has 0 aromatic heterocycles. The maximum Gasteiger partial charge on any atom is 0.253 e. The summed E-state index contributed by atoms with van der Waals surface area (Å²) in [5.74, 6) is -0.561. The third-order valence-corrected chi connectivity index (χ3v) is 6.85. The van der Waals surface area contributed by atoms with Crippen LogP contribution in [0.3, 0.4) is 0 Å². The largest absolute Gasteiger partial charge is 0.495 e. The minimum absolute atomic E-state index is 0.0838. The zero-order chi connectivity index (χ0) is 23.3. The molecule has 3 aromatic rings. The summed E-state index contributed by atoms with van der Waals surface area (Å²) in [5.41, 5.74) is 1.80. The van der Waals surface area contributed by atoms with Gasteiger partial charge in [0.25, 0.3) is 5.91 Å². The Morgan fingerprint density at radius 3 is 2.16 bits per heavy atom. The number of carbonyl (C=O) groups excluding carboxylic acids is 1. The summed E-state index contributed by atoms with van der Waals surface area (Å²) in [6, 6.07) is 19.4. The van der Waals surface area contributed by atoms with Crippen LogP contribution < -0.4 is 4.74 Å². The van der Waals surface area contributed by atoms with Crippen LogP contribution in [-0.4, -0.2) is 44.7 Å². The van der Waals surface area contributed by atoms with Gasteiger partial charge in [-0.15, -0.1) is 0 Å². The van der Waals surface area contributed by atoms with E-state index in [9.17, 15) is 17.6 Å². The topological polar surface area (TPSA) is 66.9 Å². The first-order chi connectivity index (χ1) is 15.2. The Hall–Kier alpha value is -3.23. The van der Waals surface area contributed by atoms with E-state index in [1.165, 1.54) is 53.7 Å². The average Bonchev–Trinajstić information content (AvgIpc) is 2.80. The van der Waals surface area contributed by atoms with E-state index in [1.807, 2.05) is 30.3 Å². The molecule has 0 saturated carbocycles. The van der Waals surface area contributed by atoms with Crippen molar-refractivity contribution in [3.8, 4) is 5.75 Å². The summed E-state index contributed by atoms with van der Waals surface area (Å²) >= 11 is 0. The van der Waals surface area contributed by atoms with Gasteiger partial charge in [-0.3, -0.25) is 4.79 Å². The first kappa shape index (κ1) is 23.4.